The number of rotatable bonds is 5. The van der Waals surface area contributed by atoms with Crippen molar-refractivity contribution in [3.05, 3.63) is 88.1 Å². The van der Waals surface area contributed by atoms with Crippen molar-refractivity contribution < 1.29 is 4.79 Å². The second kappa shape index (κ2) is 8.22. The SMILES string of the molecule is CCC(C(=O)Nc1ccccc1C)n1c(C)c2cnn(-c3ccccc3)c(=O)c2c1C. The van der Waals surface area contributed by atoms with Gasteiger partial charge in [-0.05, 0) is 51.0 Å². The van der Waals surface area contributed by atoms with Crippen LogP contribution in [-0.4, -0.2) is 20.3 Å². The number of carbonyl (C=O) groups excluding carboxylic acids is 1. The Morgan fingerprint density at radius 3 is 2.35 bits per heavy atom. The largest absolute Gasteiger partial charge is 0.335 e. The summed E-state index contributed by atoms with van der Waals surface area (Å²) in [6.07, 6.45) is 2.31. The number of fused-ring (bicyclic) bond motifs is 1. The van der Waals surface area contributed by atoms with E-state index in [-0.39, 0.29) is 11.5 Å². The van der Waals surface area contributed by atoms with Crippen molar-refractivity contribution >= 4 is 22.4 Å². The number of anilines is 1. The van der Waals surface area contributed by atoms with Gasteiger partial charge < -0.3 is 9.88 Å². The molecule has 4 aromatic rings. The van der Waals surface area contributed by atoms with Gasteiger partial charge in [-0.2, -0.15) is 9.78 Å². The van der Waals surface area contributed by atoms with Gasteiger partial charge in [0.2, 0.25) is 5.91 Å². The number of amides is 1. The average molecular weight is 415 g/mol. The van der Waals surface area contributed by atoms with Crippen LogP contribution in [0.1, 0.15) is 36.3 Å². The summed E-state index contributed by atoms with van der Waals surface area (Å²) in [6.45, 7) is 7.78. The molecule has 158 valence electrons. The fraction of sp³-hybridized carbons (Fsp3) is 0.240. The van der Waals surface area contributed by atoms with Crippen LogP contribution in [0.5, 0.6) is 0 Å². The standard InChI is InChI=1S/C25H26N4O2/c1-5-22(24(30)27-21-14-10-9-11-16(21)2)28-17(3)20-15-26-29(19-12-7-6-8-13-19)25(31)23(20)18(28)4/h6-15,22H,5H2,1-4H3,(H,27,30). The maximum Gasteiger partial charge on any atom is 0.281 e. The van der Waals surface area contributed by atoms with Gasteiger partial charge in [0, 0.05) is 22.5 Å². The van der Waals surface area contributed by atoms with E-state index in [0.29, 0.717) is 17.5 Å². The molecule has 2 aromatic heterocycles. The van der Waals surface area contributed by atoms with Gasteiger partial charge in [0.05, 0.1) is 17.3 Å². The van der Waals surface area contributed by atoms with Crippen LogP contribution in [0.15, 0.2) is 65.6 Å². The van der Waals surface area contributed by atoms with Crippen LogP contribution in [0, 0.1) is 20.8 Å². The third kappa shape index (κ3) is 3.54. The lowest BCUT2D eigenvalue weighted by atomic mass is 10.1. The Balaban J connectivity index is 1.81. The minimum absolute atomic E-state index is 0.0975. The molecule has 6 heteroatoms. The molecule has 0 spiro atoms. The van der Waals surface area contributed by atoms with Gasteiger partial charge in [0.15, 0.2) is 0 Å². The maximum absolute atomic E-state index is 13.3. The van der Waals surface area contributed by atoms with Gasteiger partial charge in [-0.3, -0.25) is 9.59 Å². The number of nitrogens with one attached hydrogen (secondary N) is 1. The molecular formula is C25H26N4O2. The number of aryl methyl sites for hydroxylation is 3. The molecule has 0 bridgehead atoms. The van der Waals surface area contributed by atoms with Crippen molar-refractivity contribution in [2.45, 2.75) is 40.2 Å². The van der Waals surface area contributed by atoms with E-state index in [9.17, 15) is 9.59 Å². The molecule has 0 aliphatic heterocycles. The number of nitrogens with zero attached hydrogens (tertiary/aromatic N) is 3. The van der Waals surface area contributed by atoms with E-state index in [1.54, 1.807) is 6.20 Å². The molecule has 1 unspecified atom stereocenters. The molecule has 0 saturated carbocycles. The molecule has 0 aliphatic rings. The fourth-order valence-electron chi connectivity index (χ4n) is 4.21. The fourth-order valence-corrected chi connectivity index (χ4v) is 4.21. The van der Waals surface area contributed by atoms with Crippen LogP contribution in [0.3, 0.4) is 0 Å². The summed E-state index contributed by atoms with van der Waals surface area (Å²) in [7, 11) is 0. The lowest BCUT2D eigenvalue weighted by Gasteiger charge is -2.21. The highest BCUT2D eigenvalue weighted by Crippen LogP contribution is 2.29. The highest BCUT2D eigenvalue weighted by atomic mass is 16.2. The Hall–Kier alpha value is -3.67. The molecule has 0 fully saturated rings. The van der Waals surface area contributed by atoms with Gasteiger partial charge in [0.25, 0.3) is 5.56 Å². The van der Waals surface area contributed by atoms with E-state index >= 15 is 0 Å². The number of hydrogen-bond acceptors (Lipinski definition) is 3. The van der Waals surface area contributed by atoms with Crippen molar-refractivity contribution in [2.24, 2.45) is 0 Å². The third-order valence-electron chi connectivity index (χ3n) is 5.86. The highest BCUT2D eigenvalue weighted by Gasteiger charge is 2.26. The zero-order chi connectivity index (χ0) is 22.1. The van der Waals surface area contributed by atoms with Gasteiger partial charge in [0.1, 0.15) is 6.04 Å². The van der Waals surface area contributed by atoms with Crippen LogP contribution >= 0.6 is 0 Å². The van der Waals surface area contributed by atoms with Crippen molar-refractivity contribution in [1.29, 1.82) is 0 Å². The molecule has 6 nitrogen and oxygen atoms in total. The first-order valence-electron chi connectivity index (χ1n) is 10.4. The monoisotopic (exact) mass is 414 g/mol. The summed E-state index contributed by atoms with van der Waals surface area (Å²) in [6, 6.07) is 16.6. The maximum atomic E-state index is 13.3. The van der Waals surface area contributed by atoms with Crippen LogP contribution in [0.4, 0.5) is 5.69 Å². The summed E-state index contributed by atoms with van der Waals surface area (Å²) in [4.78, 5) is 26.5. The molecule has 0 saturated heterocycles. The summed E-state index contributed by atoms with van der Waals surface area (Å²) in [5, 5.41) is 8.81. The van der Waals surface area contributed by atoms with Crippen molar-refractivity contribution in [1.82, 2.24) is 14.3 Å². The summed E-state index contributed by atoms with van der Waals surface area (Å²) in [5.74, 6) is -0.0975. The molecule has 0 aliphatic carbocycles. The minimum Gasteiger partial charge on any atom is -0.335 e. The summed E-state index contributed by atoms with van der Waals surface area (Å²) < 4.78 is 3.38. The number of benzene rings is 2. The summed E-state index contributed by atoms with van der Waals surface area (Å²) >= 11 is 0. The van der Waals surface area contributed by atoms with E-state index in [0.717, 1.165) is 28.0 Å². The van der Waals surface area contributed by atoms with E-state index < -0.39 is 6.04 Å². The van der Waals surface area contributed by atoms with E-state index in [1.807, 2.05) is 86.9 Å². The number of aromatic nitrogens is 3. The van der Waals surface area contributed by atoms with Gasteiger partial charge in [-0.15, -0.1) is 0 Å². The molecular weight excluding hydrogens is 388 g/mol. The molecule has 31 heavy (non-hydrogen) atoms. The smallest absolute Gasteiger partial charge is 0.281 e. The molecule has 1 amide bonds. The van der Waals surface area contributed by atoms with Crippen molar-refractivity contribution in [3.63, 3.8) is 0 Å². The lowest BCUT2D eigenvalue weighted by molar-refractivity contribution is -0.119. The first-order chi connectivity index (χ1) is 14.9. The highest BCUT2D eigenvalue weighted by molar-refractivity contribution is 5.96. The van der Waals surface area contributed by atoms with E-state index in [1.165, 1.54) is 4.68 Å². The normalized spacial score (nSPS) is 12.1. The number of carbonyl (C=O) groups is 1. The second-order valence-electron chi connectivity index (χ2n) is 7.75. The average Bonchev–Trinajstić information content (AvgIpc) is 3.02. The predicted octanol–water partition coefficient (Wildman–Crippen LogP) is 4.70. The topological polar surface area (TPSA) is 68.9 Å². The first-order valence-corrected chi connectivity index (χ1v) is 10.4. The lowest BCUT2D eigenvalue weighted by Crippen LogP contribution is -2.27. The quantitative estimate of drug-likeness (QED) is 0.515. The van der Waals surface area contributed by atoms with Crippen molar-refractivity contribution in [2.75, 3.05) is 5.32 Å². The van der Waals surface area contributed by atoms with Gasteiger partial charge in [-0.1, -0.05) is 43.3 Å². The molecule has 0 radical (unpaired) electrons. The minimum atomic E-state index is -0.434. The van der Waals surface area contributed by atoms with Crippen LogP contribution in [0.25, 0.3) is 16.5 Å². The summed E-state index contributed by atoms with van der Waals surface area (Å²) in [5.41, 5.74) is 3.97. The zero-order valence-electron chi connectivity index (χ0n) is 18.2. The zero-order valence-corrected chi connectivity index (χ0v) is 18.2. The molecule has 2 heterocycles. The number of para-hydroxylation sites is 2. The first kappa shape index (κ1) is 20.6. The Bertz CT molecular complexity index is 1320. The predicted molar refractivity (Wildman–Crippen MR) is 124 cm³/mol. The van der Waals surface area contributed by atoms with Gasteiger partial charge in [-0.25, -0.2) is 0 Å². The number of hydrogen-bond donors (Lipinski definition) is 1. The Morgan fingerprint density at radius 1 is 1.00 bits per heavy atom. The molecule has 1 N–H and O–H groups in total. The molecule has 2 aromatic carbocycles. The Kier molecular flexibility index (Phi) is 5.46. The second-order valence-corrected chi connectivity index (χ2v) is 7.75. The van der Waals surface area contributed by atoms with E-state index in [2.05, 4.69) is 10.4 Å². The Morgan fingerprint density at radius 2 is 1.68 bits per heavy atom. The Labute approximate surface area is 181 Å². The third-order valence-corrected chi connectivity index (χ3v) is 5.86. The van der Waals surface area contributed by atoms with Crippen LogP contribution in [-0.2, 0) is 4.79 Å². The molecule has 4 rings (SSSR count). The van der Waals surface area contributed by atoms with Crippen molar-refractivity contribution in [3.8, 4) is 5.69 Å². The molecule has 1 atom stereocenters. The van der Waals surface area contributed by atoms with Gasteiger partial charge >= 0.3 is 0 Å². The van der Waals surface area contributed by atoms with Crippen LogP contribution in [0.2, 0.25) is 0 Å². The van der Waals surface area contributed by atoms with E-state index in [4.69, 9.17) is 0 Å². The van der Waals surface area contributed by atoms with Crippen LogP contribution < -0.4 is 10.9 Å².